The van der Waals surface area contributed by atoms with E-state index >= 15 is 0 Å². The van der Waals surface area contributed by atoms with Gasteiger partial charge >= 0.3 is 0 Å². The molecule has 0 radical (unpaired) electrons. The zero-order chi connectivity index (χ0) is 7.23. The van der Waals surface area contributed by atoms with E-state index in [0.717, 1.165) is 10.9 Å². The van der Waals surface area contributed by atoms with Gasteiger partial charge in [0.25, 0.3) is 0 Å². The molecule has 0 unspecified atom stereocenters. The second-order valence-electron chi connectivity index (χ2n) is 1.99. The summed E-state index contributed by atoms with van der Waals surface area (Å²) >= 11 is 1.72. The fourth-order valence-corrected chi connectivity index (χ4v) is 1.44. The number of aromatic nitrogens is 3. The molecule has 0 saturated carbocycles. The minimum absolute atomic E-state index is 0.924. The Kier molecular flexibility index (Phi) is 3.29. The Hall–Kier alpha value is -0.510. The topological polar surface area (TPSA) is 41.6 Å². The third kappa shape index (κ3) is 2.39. The second kappa shape index (κ2) is 4.33. The van der Waals surface area contributed by atoms with Gasteiger partial charge in [-0.1, -0.05) is 25.1 Å². The lowest BCUT2D eigenvalue weighted by atomic mass is 10.4. The largest absolute Gasteiger partial charge is 0.254 e. The molecule has 1 rings (SSSR count). The van der Waals surface area contributed by atoms with Gasteiger partial charge in [-0.05, 0) is 6.42 Å². The van der Waals surface area contributed by atoms with Crippen LogP contribution < -0.4 is 0 Å². The van der Waals surface area contributed by atoms with Crippen LogP contribution in [0.3, 0.4) is 0 Å². The number of hydrogen-bond donors (Lipinski definition) is 1. The summed E-state index contributed by atoms with van der Waals surface area (Å²) in [5.41, 5.74) is 0. The number of thioether (sulfide) groups is 1. The number of hydrogen-bond acceptors (Lipinski definition) is 3. The van der Waals surface area contributed by atoms with Crippen molar-refractivity contribution < 1.29 is 0 Å². The van der Waals surface area contributed by atoms with Gasteiger partial charge in [0, 0.05) is 5.75 Å². The van der Waals surface area contributed by atoms with Crippen molar-refractivity contribution in [2.24, 2.45) is 0 Å². The summed E-state index contributed by atoms with van der Waals surface area (Å²) in [4.78, 5) is 3.98. The fourth-order valence-electron chi connectivity index (χ4n) is 0.577. The Labute approximate surface area is 64.6 Å². The maximum absolute atomic E-state index is 3.98. The standard InChI is InChI=1S/C6H11N3S/c1-2-3-4-10-6-7-5-8-9-6/h5H,2-4H2,1H3,(H,7,8,9). The van der Waals surface area contributed by atoms with Crippen LogP contribution in [0.25, 0.3) is 0 Å². The molecule has 4 heteroatoms. The first-order chi connectivity index (χ1) is 4.93. The van der Waals surface area contributed by atoms with Crippen molar-refractivity contribution in [2.75, 3.05) is 5.75 Å². The molecular weight excluding hydrogens is 146 g/mol. The first-order valence-corrected chi connectivity index (χ1v) is 4.40. The van der Waals surface area contributed by atoms with Gasteiger partial charge in [-0.15, -0.1) is 0 Å². The molecule has 1 aromatic rings. The van der Waals surface area contributed by atoms with Crippen LogP contribution >= 0.6 is 11.8 Å². The SMILES string of the molecule is CCCCSc1ncn[nH]1. The molecule has 3 nitrogen and oxygen atoms in total. The van der Waals surface area contributed by atoms with Crippen LogP contribution in [-0.2, 0) is 0 Å². The van der Waals surface area contributed by atoms with E-state index in [9.17, 15) is 0 Å². The monoisotopic (exact) mass is 157 g/mol. The molecule has 1 heterocycles. The van der Waals surface area contributed by atoms with Gasteiger partial charge in [-0.3, -0.25) is 5.10 Å². The van der Waals surface area contributed by atoms with E-state index in [2.05, 4.69) is 22.1 Å². The molecule has 56 valence electrons. The lowest BCUT2D eigenvalue weighted by Crippen LogP contribution is -1.79. The summed E-state index contributed by atoms with van der Waals surface area (Å²) in [7, 11) is 0. The van der Waals surface area contributed by atoms with Gasteiger partial charge in [0.05, 0.1) is 0 Å². The van der Waals surface area contributed by atoms with Crippen LogP contribution in [0.2, 0.25) is 0 Å². The second-order valence-corrected chi connectivity index (χ2v) is 3.08. The highest BCUT2D eigenvalue weighted by molar-refractivity contribution is 7.99. The minimum atomic E-state index is 0.924. The smallest absolute Gasteiger partial charge is 0.183 e. The van der Waals surface area contributed by atoms with E-state index in [1.165, 1.54) is 19.2 Å². The average molecular weight is 157 g/mol. The van der Waals surface area contributed by atoms with Crippen molar-refractivity contribution in [1.82, 2.24) is 15.2 Å². The summed E-state index contributed by atoms with van der Waals surface area (Å²) < 4.78 is 0. The van der Waals surface area contributed by atoms with Crippen LogP contribution in [0, 0.1) is 0 Å². The maximum atomic E-state index is 3.98. The molecule has 0 bridgehead atoms. The Morgan fingerprint density at radius 2 is 2.60 bits per heavy atom. The number of rotatable bonds is 4. The highest BCUT2D eigenvalue weighted by Crippen LogP contribution is 2.11. The number of H-pyrrole nitrogens is 1. The maximum Gasteiger partial charge on any atom is 0.183 e. The molecule has 0 aliphatic heterocycles. The zero-order valence-electron chi connectivity index (χ0n) is 6.00. The third-order valence-electron chi connectivity index (χ3n) is 1.13. The van der Waals surface area contributed by atoms with Crippen molar-refractivity contribution in [1.29, 1.82) is 0 Å². The number of unbranched alkanes of at least 4 members (excludes halogenated alkanes) is 1. The third-order valence-corrected chi connectivity index (χ3v) is 2.09. The number of aromatic amines is 1. The van der Waals surface area contributed by atoms with Crippen molar-refractivity contribution >= 4 is 11.8 Å². The van der Waals surface area contributed by atoms with Crippen LogP contribution in [-0.4, -0.2) is 20.9 Å². The van der Waals surface area contributed by atoms with Crippen LogP contribution in [0.15, 0.2) is 11.5 Å². The van der Waals surface area contributed by atoms with E-state index in [4.69, 9.17) is 0 Å². The van der Waals surface area contributed by atoms with Gasteiger partial charge in [-0.2, -0.15) is 5.10 Å². The van der Waals surface area contributed by atoms with Crippen molar-refractivity contribution in [3.63, 3.8) is 0 Å². The summed E-state index contributed by atoms with van der Waals surface area (Å²) in [5.74, 6) is 1.13. The fraction of sp³-hybridized carbons (Fsp3) is 0.667. The van der Waals surface area contributed by atoms with Gasteiger partial charge in [-0.25, -0.2) is 4.98 Å². The molecule has 0 aromatic carbocycles. The number of nitrogens with one attached hydrogen (secondary N) is 1. The van der Waals surface area contributed by atoms with Crippen LogP contribution in [0.4, 0.5) is 0 Å². The number of nitrogens with zero attached hydrogens (tertiary/aromatic N) is 2. The lowest BCUT2D eigenvalue weighted by molar-refractivity contribution is 0.889. The summed E-state index contributed by atoms with van der Waals surface area (Å²) in [6.45, 7) is 2.18. The first-order valence-electron chi connectivity index (χ1n) is 3.41. The van der Waals surface area contributed by atoms with E-state index in [-0.39, 0.29) is 0 Å². The van der Waals surface area contributed by atoms with E-state index in [1.54, 1.807) is 11.8 Å². The Morgan fingerprint density at radius 3 is 3.20 bits per heavy atom. The lowest BCUT2D eigenvalue weighted by Gasteiger charge is -1.92. The van der Waals surface area contributed by atoms with Gasteiger partial charge < -0.3 is 0 Å². The Morgan fingerprint density at radius 1 is 1.70 bits per heavy atom. The van der Waals surface area contributed by atoms with Gasteiger partial charge in [0.2, 0.25) is 0 Å². The van der Waals surface area contributed by atoms with Gasteiger partial charge in [0.15, 0.2) is 5.16 Å². The minimum Gasteiger partial charge on any atom is -0.254 e. The predicted octanol–water partition coefficient (Wildman–Crippen LogP) is 1.70. The molecule has 10 heavy (non-hydrogen) atoms. The van der Waals surface area contributed by atoms with Crippen LogP contribution in [0.5, 0.6) is 0 Å². The molecule has 1 N–H and O–H groups in total. The summed E-state index contributed by atoms with van der Waals surface area (Å²) in [6, 6.07) is 0. The quantitative estimate of drug-likeness (QED) is 0.534. The summed E-state index contributed by atoms with van der Waals surface area (Å²) in [5, 5.41) is 7.47. The molecule has 0 aliphatic rings. The molecular formula is C6H11N3S. The summed E-state index contributed by atoms with van der Waals surface area (Å²) in [6.07, 6.45) is 4.01. The molecule has 0 fully saturated rings. The molecule has 0 atom stereocenters. The van der Waals surface area contributed by atoms with Crippen molar-refractivity contribution in [2.45, 2.75) is 24.9 Å². The average Bonchev–Trinajstić information content (AvgIpc) is 2.41. The van der Waals surface area contributed by atoms with Gasteiger partial charge in [0.1, 0.15) is 6.33 Å². The van der Waals surface area contributed by atoms with E-state index in [1.807, 2.05) is 0 Å². The molecule has 1 aromatic heterocycles. The van der Waals surface area contributed by atoms with Crippen LogP contribution in [0.1, 0.15) is 19.8 Å². The Balaban J connectivity index is 2.15. The van der Waals surface area contributed by atoms with E-state index in [0.29, 0.717) is 0 Å². The van der Waals surface area contributed by atoms with E-state index < -0.39 is 0 Å². The molecule has 0 aliphatic carbocycles. The highest BCUT2D eigenvalue weighted by Gasteiger charge is 1.93. The molecule has 0 amide bonds. The van der Waals surface area contributed by atoms with Crippen molar-refractivity contribution in [3.05, 3.63) is 6.33 Å². The molecule has 0 saturated heterocycles. The highest BCUT2D eigenvalue weighted by atomic mass is 32.2. The van der Waals surface area contributed by atoms with Crippen molar-refractivity contribution in [3.8, 4) is 0 Å². The molecule has 0 spiro atoms. The zero-order valence-corrected chi connectivity index (χ0v) is 6.82. The first kappa shape index (κ1) is 7.60. The predicted molar refractivity (Wildman–Crippen MR) is 42.0 cm³/mol. The Bertz CT molecular complexity index is 162. The normalized spacial score (nSPS) is 10.1.